The first-order chi connectivity index (χ1) is 13.8. The number of anilines is 2. The van der Waals surface area contributed by atoms with E-state index in [2.05, 4.69) is 16.0 Å². The Labute approximate surface area is 181 Å². The van der Waals surface area contributed by atoms with Gasteiger partial charge in [-0.05, 0) is 62.3 Å². The van der Waals surface area contributed by atoms with Crippen LogP contribution in [0, 0.1) is 13.8 Å². The minimum atomic E-state index is -0.397. The van der Waals surface area contributed by atoms with E-state index in [1.807, 2.05) is 39.0 Å². The number of halogens is 1. The number of hydrogen-bond acceptors (Lipinski definition) is 4. The summed E-state index contributed by atoms with van der Waals surface area (Å²) in [6.07, 6.45) is 1.19. The lowest BCUT2D eigenvalue weighted by molar-refractivity contribution is -0.121. The van der Waals surface area contributed by atoms with Crippen molar-refractivity contribution in [1.29, 1.82) is 0 Å². The Morgan fingerprint density at radius 3 is 2.52 bits per heavy atom. The van der Waals surface area contributed by atoms with E-state index in [0.717, 1.165) is 17.5 Å². The number of carbonyl (C=O) groups is 2. The van der Waals surface area contributed by atoms with Gasteiger partial charge in [-0.2, -0.15) is 0 Å². The van der Waals surface area contributed by atoms with Gasteiger partial charge in [-0.25, -0.2) is 0 Å². The van der Waals surface area contributed by atoms with E-state index in [1.54, 1.807) is 18.2 Å². The number of carbonyl (C=O) groups excluding carboxylic acids is 2. The van der Waals surface area contributed by atoms with Crippen LogP contribution in [-0.2, 0) is 9.59 Å². The number of hydrogen-bond donors (Lipinski definition) is 3. The summed E-state index contributed by atoms with van der Waals surface area (Å²) in [4.78, 5) is 23.9. The molecule has 0 bridgehead atoms. The van der Waals surface area contributed by atoms with Crippen LogP contribution in [0.1, 0.15) is 30.9 Å². The van der Waals surface area contributed by atoms with Crippen molar-refractivity contribution in [2.24, 2.45) is 0 Å². The monoisotopic (exact) mass is 433 g/mol. The maximum absolute atomic E-state index is 12.1. The lowest BCUT2D eigenvalue weighted by Crippen LogP contribution is -2.37. The first kappa shape index (κ1) is 22.6. The maximum Gasteiger partial charge on any atom is 0.264 e. The highest BCUT2D eigenvalue weighted by atomic mass is 35.5. The van der Waals surface area contributed by atoms with E-state index in [9.17, 15) is 9.59 Å². The number of ether oxygens (including phenoxy) is 1. The standard InChI is InChI=1S/C21H24ClN3O3S/c1-4-5-19(26)23-15-7-8-16(22)17(11-15)24-21(29)25-20(27)12-28-18-9-6-13(2)10-14(18)3/h6-11H,4-5,12H2,1-3H3,(H,23,26)(H2,24,25,27,29). The predicted molar refractivity (Wildman–Crippen MR) is 121 cm³/mol. The molecular weight excluding hydrogens is 410 g/mol. The van der Waals surface area contributed by atoms with E-state index in [0.29, 0.717) is 28.6 Å². The van der Waals surface area contributed by atoms with Crippen molar-refractivity contribution < 1.29 is 14.3 Å². The minimum Gasteiger partial charge on any atom is -0.483 e. The van der Waals surface area contributed by atoms with Gasteiger partial charge in [0.15, 0.2) is 11.7 Å². The lowest BCUT2D eigenvalue weighted by atomic mass is 10.1. The van der Waals surface area contributed by atoms with Crippen molar-refractivity contribution in [3.63, 3.8) is 0 Å². The average molecular weight is 434 g/mol. The second kappa shape index (κ2) is 10.8. The smallest absolute Gasteiger partial charge is 0.264 e. The molecule has 0 saturated heterocycles. The van der Waals surface area contributed by atoms with Gasteiger partial charge in [0, 0.05) is 12.1 Å². The third-order valence-corrected chi connectivity index (χ3v) is 4.45. The Kier molecular flexibility index (Phi) is 8.42. The van der Waals surface area contributed by atoms with Crippen LogP contribution in [0.3, 0.4) is 0 Å². The van der Waals surface area contributed by atoms with Crippen LogP contribution in [0.25, 0.3) is 0 Å². The molecule has 2 amide bonds. The van der Waals surface area contributed by atoms with Crippen molar-refractivity contribution in [3.8, 4) is 5.75 Å². The summed E-state index contributed by atoms with van der Waals surface area (Å²) in [5.41, 5.74) is 3.13. The number of aryl methyl sites for hydroxylation is 2. The Balaban J connectivity index is 1.90. The van der Waals surface area contributed by atoms with E-state index >= 15 is 0 Å². The van der Waals surface area contributed by atoms with Gasteiger partial charge in [-0.1, -0.05) is 36.2 Å². The predicted octanol–water partition coefficient (Wildman–Crippen LogP) is 4.59. The van der Waals surface area contributed by atoms with Crippen molar-refractivity contribution in [3.05, 3.63) is 52.5 Å². The molecule has 0 saturated carbocycles. The molecule has 154 valence electrons. The molecule has 2 aromatic rings. The van der Waals surface area contributed by atoms with Gasteiger partial charge in [0.1, 0.15) is 5.75 Å². The van der Waals surface area contributed by atoms with Crippen molar-refractivity contribution in [2.45, 2.75) is 33.6 Å². The maximum atomic E-state index is 12.1. The van der Waals surface area contributed by atoms with Crippen LogP contribution in [0.15, 0.2) is 36.4 Å². The van der Waals surface area contributed by atoms with Gasteiger partial charge in [-0.3, -0.25) is 14.9 Å². The van der Waals surface area contributed by atoms with E-state index < -0.39 is 5.91 Å². The van der Waals surface area contributed by atoms with E-state index in [-0.39, 0.29) is 17.6 Å². The Morgan fingerprint density at radius 1 is 1.07 bits per heavy atom. The minimum absolute atomic E-state index is 0.0816. The van der Waals surface area contributed by atoms with Gasteiger partial charge in [-0.15, -0.1) is 0 Å². The van der Waals surface area contributed by atoms with Crippen LogP contribution in [0.5, 0.6) is 5.75 Å². The molecular formula is C21H24ClN3O3S. The molecule has 0 radical (unpaired) electrons. The molecule has 2 aromatic carbocycles. The zero-order valence-corrected chi connectivity index (χ0v) is 18.2. The molecule has 0 heterocycles. The molecule has 29 heavy (non-hydrogen) atoms. The Bertz CT molecular complexity index is 918. The molecule has 2 rings (SSSR count). The van der Waals surface area contributed by atoms with Crippen molar-refractivity contribution in [1.82, 2.24) is 5.32 Å². The normalized spacial score (nSPS) is 10.2. The van der Waals surface area contributed by atoms with Crippen LogP contribution >= 0.6 is 23.8 Å². The number of amides is 2. The third kappa shape index (κ3) is 7.36. The fourth-order valence-corrected chi connectivity index (χ4v) is 2.96. The Morgan fingerprint density at radius 2 is 1.83 bits per heavy atom. The topological polar surface area (TPSA) is 79.5 Å². The van der Waals surface area contributed by atoms with Crippen LogP contribution < -0.4 is 20.7 Å². The lowest BCUT2D eigenvalue weighted by Gasteiger charge is -2.14. The first-order valence-electron chi connectivity index (χ1n) is 9.18. The van der Waals surface area contributed by atoms with Crippen LogP contribution in [0.4, 0.5) is 11.4 Å². The molecule has 0 aliphatic heterocycles. The van der Waals surface area contributed by atoms with Crippen molar-refractivity contribution in [2.75, 3.05) is 17.2 Å². The van der Waals surface area contributed by atoms with Gasteiger partial charge in [0.2, 0.25) is 5.91 Å². The zero-order valence-electron chi connectivity index (χ0n) is 16.6. The number of nitrogens with one attached hydrogen (secondary N) is 3. The summed E-state index contributed by atoms with van der Waals surface area (Å²) in [5, 5.41) is 8.68. The molecule has 0 aromatic heterocycles. The molecule has 6 nitrogen and oxygen atoms in total. The largest absolute Gasteiger partial charge is 0.483 e. The summed E-state index contributed by atoms with van der Waals surface area (Å²) in [6.45, 7) is 5.66. The van der Waals surface area contributed by atoms with Crippen LogP contribution in [0.2, 0.25) is 5.02 Å². The second-order valence-electron chi connectivity index (χ2n) is 6.55. The van der Waals surface area contributed by atoms with E-state index in [1.165, 1.54) is 0 Å². The quantitative estimate of drug-likeness (QED) is 0.556. The fraction of sp³-hybridized carbons (Fsp3) is 0.286. The fourth-order valence-electron chi connectivity index (χ4n) is 2.57. The van der Waals surface area contributed by atoms with Gasteiger partial charge in [0.25, 0.3) is 5.91 Å². The molecule has 0 atom stereocenters. The molecule has 3 N–H and O–H groups in total. The highest BCUT2D eigenvalue weighted by Gasteiger charge is 2.10. The van der Waals surface area contributed by atoms with Crippen LogP contribution in [-0.4, -0.2) is 23.5 Å². The number of thiocarbonyl (C=S) groups is 1. The molecule has 8 heteroatoms. The van der Waals surface area contributed by atoms with Crippen molar-refractivity contribution >= 4 is 52.1 Å². The SMILES string of the molecule is CCCC(=O)Nc1ccc(Cl)c(NC(=S)NC(=O)COc2ccc(C)cc2C)c1. The molecule has 0 aliphatic carbocycles. The van der Waals surface area contributed by atoms with Gasteiger partial charge >= 0.3 is 0 Å². The summed E-state index contributed by atoms with van der Waals surface area (Å²) < 4.78 is 5.54. The van der Waals surface area contributed by atoms with E-state index in [4.69, 9.17) is 28.6 Å². The highest BCUT2D eigenvalue weighted by molar-refractivity contribution is 7.80. The summed E-state index contributed by atoms with van der Waals surface area (Å²) in [6, 6.07) is 10.7. The van der Waals surface area contributed by atoms with Gasteiger partial charge < -0.3 is 15.4 Å². The third-order valence-electron chi connectivity index (χ3n) is 3.92. The molecule has 0 aliphatic rings. The summed E-state index contributed by atoms with van der Waals surface area (Å²) >= 11 is 11.3. The summed E-state index contributed by atoms with van der Waals surface area (Å²) in [7, 11) is 0. The van der Waals surface area contributed by atoms with Gasteiger partial charge in [0.05, 0.1) is 10.7 Å². The molecule has 0 spiro atoms. The first-order valence-corrected chi connectivity index (χ1v) is 9.97. The number of benzene rings is 2. The Hall–Kier alpha value is -2.64. The number of rotatable bonds is 7. The summed E-state index contributed by atoms with van der Waals surface area (Å²) in [5.74, 6) is 0.161. The zero-order chi connectivity index (χ0) is 21.4. The highest BCUT2D eigenvalue weighted by Crippen LogP contribution is 2.25. The molecule has 0 fully saturated rings. The average Bonchev–Trinajstić information content (AvgIpc) is 2.64. The molecule has 0 unspecified atom stereocenters. The second-order valence-corrected chi connectivity index (χ2v) is 7.37.